The Morgan fingerprint density at radius 2 is 1.77 bits per heavy atom. The summed E-state index contributed by atoms with van der Waals surface area (Å²) in [5.41, 5.74) is 1.01. The van der Waals surface area contributed by atoms with Gasteiger partial charge in [-0.3, -0.25) is 0 Å². The Kier molecular flexibility index (Phi) is 11.0. The van der Waals surface area contributed by atoms with Crippen LogP contribution in [0.25, 0.3) is 0 Å². The van der Waals surface area contributed by atoms with Gasteiger partial charge in [-0.25, -0.2) is 0 Å². The number of benzene rings is 1. The minimum Gasteiger partial charge on any atom is -0.497 e. The van der Waals surface area contributed by atoms with Crippen LogP contribution in [-0.2, 0) is 28.4 Å². The van der Waals surface area contributed by atoms with Crippen LogP contribution in [0.4, 0.5) is 0 Å². The summed E-state index contributed by atoms with van der Waals surface area (Å²) in [4.78, 5) is 0. The number of hydrogen-bond acceptors (Lipinski definition) is 7. The summed E-state index contributed by atoms with van der Waals surface area (Å²) < 4.78 is 40.6. The quantitative estimate of drug-likeness (QED) is 0.305. The smallest absolute Gasteiger partial charge is 0.184 e. The molecule has 1 aromatic rings. The summed E-state index contributed by atoms with van der Waals surface area (Å²) in [6, 6.07) is 7.87. The van der Waals surface area contributed by atoms with E-state index in [-0.39, 0.29) is 55.4 Å². The van der Waals surface area contributed by atoms with Crippen LogP contribution in [0.3, 0.4) is 0 Å². The molecule has 0 saturated carbocycles. The van der Waals surface area contributed by atoms with Crippen LogP contribution >= 0.6 is 0 Å². The Hall–Kier alpha value is -1.48. The normalized spacial score (nSPS) is 34.7. The second-order valence-corrected chi connectivity index (χ2v) is 9.92. The highest BCUT2D eigenvalue weighted by molar-refractivity contribution is 5.28. The minimum absolute atomic E-state index is 0.0351. The van der Waals surface area contributed by atoms with E-state index in [2.05, 4.69) is 39.8 Å². The summed E-state index contributed by atoms with van der Waals surface area (Å²) in [5.74, 6) is 1.80. The maximum Gasteiger partial charge on any atom is 0.184 e. The van der Waals surface area contributed by atoms with Crippen LogP contribution < -0.4 is 4.74 Å². The number of allylic oxidation sites excluding steroid dienone is 1. The van der Waals surface area contributed by atoms with E-state index in [1.54, 1.807) is 21.3 Å². The first-order valence-electron chi connectivity index (χ1n) is 12.8. The largest absolute Gasteiger partial charge is 0.497 e. The van der Waals surface area contributed by atoms with Gasteiger partial charge in [0.1, 0.15) is 12.5 Å². The molecule has 2 heterocycles. The molecule has 0 amide bonds. The van der Waals surface area contributed by atoms with Gasteiger partial charge in [0, 0.05) is 43.5 Å². The maximum absolute atomic E-state index is 6.39. The third-order valence-corrected chi connectivity index (χ3v) is 7.29. The predicted octanol–water partition coefficient (Wildman–Crippen LogP) is 5.35. The van der Waals surface area contributed by atoms with Gasteiger partial charge >= 0.3 is 0 Å². The Balaban J connectivity index is 1.54. The van der Waals surface area contributed by atoms with Crippen molar-refractivity contribution in [1.82, 2.24) is 0 Å². The van der Waals surface area contributed by atoms with E-state index in [0.29, 0.717) is 12.5 Å². The van der Waals surface area contributed by atoms with Gasteiger partial charge < -0.3 is 33.2 Å². The minimum atomic E-state index is -0.355. The molecule has 1 unspecified atom stereocenters. The summed E-state index contributed by atoms with van der Waals surface area (Å²) in [6.45, 7) is 9.65. The molecule has 0 radical (unpaired) electrons. The highest BCUT2D eigenvalue weighted by Crippen LogP contribution is 2.36. The van der Waals surface area contributed by atoms with E-state index in [1.165, 1.54) is 0 Å². The van der Waals surface area contributed by atoms with Gasteiger partial charge in [-0.05, 0) is 25.0 Å². The lowest BCUT2D eigenvalue weighted by atomic mass is 9.84. The molecule has 2 aliphatic heterocycles. The molecule has 9 atom stereocenters. The van der Waals surface area contributed by atoms with E-state index >= 15 is 0 Å². The van der Waals surface area contributed by atoms with Crippen molar-refractivity contribution < 1.29 is 33.2 Å². The molecule has 0 aliphatic carbocycles. The van der Waals surface area contributed by atoms with E-state index in [1.807, 2.05) is 24.3 Å². The van der Waals surface area contributed by atoms with Crippen LogP contribution in [0.15, 0.2) is 36.4 Å². The second kappa shape index (κ2) is 13.7. The fraction of sp³-hybridized carbons (Fsp3) is 0.714. The summed E-state index contributed by atoms with van der Waals surface area (Å²) in [5, 5.41) is 0. The first-order chi connectivity index (χ1) is 16.9. The molecule has 0 N–H and O–H groups in total. The lowest BCUT2D eigenvalue weighted by Gasteiger charge is -2.43. The zero-order valence-electron chi connectivity index (χ0n) is 22.3. The van der Waals surface area contributed by atoms with E-state index in [4.69, 9.17) is 33.2 Å². The van der Waals surface area contributed by atoms with Crippen LogP contribution in [0.2, 0.25) is 0 Å². The van der Waals surface area contributed by atoms with Crippen LogP contribution in [0.1, 0.15) is 52.4 Å². The molecule has 7 nitrogen and oxygen atoms in total. The summed E-state index contributed by atoms with van der Waals surface area (Å²) in [6.07, 6.45) is 5.90. The molecule has 0 bridgehead atoms. The van der Waals surface area contributed by atoms with E-state index < -0.39 is 0 Å². The van der Waals surface area contributed by atoms with Crippen molar-refractivity contribution in [3.8, 4) is 5.75 Å². The molecular formula is C28H44O7. The SMILES string of the molecule is COCO[C@@H]1[C@@H](C)[C@H](OC)O[C@@H](CCC=C[C@H](C)[C@H]2OC(c3ccc(OC)cc3)OC[C@@H]2C)[C@H]1C. The van der Waals surface area contributed by atoms with Crippen LogP contribution in [0, 0.1) is 23.7 Å². The zero-order valence-corrected chi connectivity index (χ0v) is 22.3. The van der Waals surface area contributed by atoms with Gasteiger partial charge in [0.2, 0.25) is 0 Å². The lowest BCUT2D eigenvalue weighted by Crippen LogP contribution is -2.50. The molecule has 0 spiro atoms. The Labute approximate surface area is 211 Å². The van der Waals surface area contributed by atoms with Crippen molar-refractivity contribution in [2.24, 2.45) is 23.7 Å². The number of rotatable bonds is 11. The third-order valence-electron chi connectivity index (χ3n) is 7.29. The first kappa shape index (κ1) is 28.1. The monoisotopic (exact) mass is 492 g/mol. The van der Waals surface area contributed by atoms with Crippen LogP contribution in [-0.4, -0.2) is 59.3 Å². The summed E-state index contributed by atoms with van der Waals surface area (Å²) >= 11 is 0. The number of methoxy groups -OCH3 is 3. The molecule has 3 rings (SSSR count). The Morgan fingerprint density at radius 3 is 2.43 bits per heavy atom. The van der Waals surface area contributed by atoms with Gasteiger partial charge in [0.15, 0.2) is 12.6 Å². The first-order valence-corrected chi connectivity index (χ1v) is 12.8. The van der Waals surface area contributed by atoms with Crippen molar-refractivity contribution in [3.05, 3.63) is 42.0 Å². The van der Waals surface area contributed by atoms with Crippen molar-refractivity contribution in [2.75, 3.05) is 34.7 Å². The van der Waals surface area contributed by atoms with Gasteiger partial charge in [0.05, 0.1) is 32.0 Å². The lowest BCUT2D eigenvalue weighted by molar-refractivity contribution is -0.271. The van der Waals surface area contributed by atoms with Gasteiger partial charge in [0.25, 0.3) is 0 Å². The standard InChI is InChI=1S/C28H44O7/c1-18(25-19(2)16-32-28(35-25)22-12-14-23(30-6)15-13-22)10-8-9-11-24-20(3)26(33-17-29-5)21(4)27(31-7)34-24/h8,10,12-15,18-21,24-28H,9,11,16-17H2,1-7H3/t18-,19-,20+,21+,24-,25+,26-,27+,28?/m0/s1. The molecule has 35 heavy (non-hydrogen) atoms. The second-order valence-electron chi connectivity index (χ2n) is 9.92. The molecule has 0 aromatic heterocycles. The predicted molar refractivity (Wildman–Crippen MR) is 134 cm³/mol. The van der Waals surface area contributed by atoms with Crippen molar-refractivity contribution in [2.45, 2.75) is 71.4 Å². The van der Waals surface area contributed by atoms with Crippen LogP contribution in [0.5, 0.6) is 5.75 Å². The van der Waals surface area contributed by atoms with Gasteiger partial charge in [-0.2, -0.15) is 0 Å². The van der Waals surface area contributed by atoms with Gasteiger partial charge in [-0.1, -0.05) is 52.0 Å². The molecule has 1 aromatic carbocycles. The molecular weight excluding hydrogens is 448 g/mol. The Morgan fingerprint density at radius 1 is 1.03 bits per heavy atom. The van der Waals surface area contributed by atoms with Crippen molar-refractivity contribution in [1.29, 1.82) is 0 Å². The molecule has 198 valence electrons. The van der Waals surface area contributed by atoms with Crippen molar-refractivity contribution >= 4 is 0 Å². The van der Waals surface area contributed by atoms with Gasteiger partial charge in [-0.15, -0.1) is 0 Å². The fourth-order valence-electron chi connectivity index (χ4n) is 5.23. The zero-order chi connectivity index (χ0) is 25.4. The highest BCUT2D eigenvalue weighted by Gasteiger charge is 2.42. The van der Waals surface area contributed by atoms with E-state index in [9.17, 15) is 0 Å². The maximum atomic E-state index is 6.39. The topological polar surface area (TPSA) is 64.6 Å². The molecule has 2 saturated heterocycles. The third kappa shape index (κ3) is 7.28. The van der Waals surface area contributed by atoms with Crippen molar-refractivity contribution in [3.63, 3.8) is 0 Å². The summed E-state index contributed by atoms with van der Waals surface area (Å²) in [7, 11) is 5.00. The molecule has 7 heteroatoms. The Bertz CT molecular complexity index is 767. The average Bonchev–Trinajstić information content (AvgIpc) is 2.88. The highest BCUT2D eigenvalue weighted by atomic mass is 16.7. The fourth-order valence-corrected chi connectivity index (χ4v) is 5.23. The average molecular weight is 493 g/mol. The molecule has 2 aliphatic rings. The van der Waals surface area contributed by atoms with E-state index in [0.717, 1.165) is 24.2 Å². The number of ether oxygens (including phenoxy) is 7. The molecule has 2 fully saturated rings. The number of hydrogen-bond donors (Lipinski definition) is 0.